The number of hydrogen-bond acceptors (Lipinski definition) is 4. The van der Waals surface area contributed by atoms with E-state index in [-0.39, 0.29) is 30.8 Å². The third kappa shape index (κ3) is 5.92. The summed E-state index contributed by atoms with van der Waals surface area (Å²) in [6, 6.07) is 11.6. The lowest BCUT2D eigenvalue weighted by Crippen LogP contribution is -2.49. The van der Waals surface area contributed by atoms with Crippen LogP contribution >= 0.6 is 11.6 Å². The number of carbonyl (C=O) groups is 2. The van der Waals surface area contributed by atoms with Gasteiger partial charge >= 0.3 is 0 Å². The van der Waals surface area contributed by atoms with Crippen LogP contribution in [0.3, 0.4) is 0 Å². The van der Waals surface area contributed by atoms with Gasteiger partial charge in [-0.2, -0.15) is 0 Å². The maximum atomic E-state index is 13.0. The molecule has 1 fully saturated rings. The van der Waals surface area contributed by atoms with Crippen molar-refractivity contribution in [2.24, 2.45) is 0 Å². The van der Waals surface area contributed by atoms with Gasteiger partial charge in [0.2, 0.25) is 11.8 Å². The minimum Gasteiger partial charge on any atom is -0.368 e. The molecule has 1 heterocycles. The first-order chi connectivity index (χ1) is 13.9. The molecule has 0 radical (unpaired) electrons. The van der Waals surface area contributed by atoms with E-state index < -0.39 is 0 Å². The average Bonchev–Trinajstić information content (AvgIpc) is 2.71. The molecule has 0 unspecified atom stereocenters. The Hall–Kier alpha value is -2.64. The number of nitrogens with zero attached hydrogens (tertiary/aromatic N) is 2. The average molecular weight is 420 g/mol. The van der Waals surface area contributed by atoms with Crippen molar-refractivity contribution >= 4 is 34.8 Å². The number of carbonyl (C=O) groups excluding carboxylic acids is 2. The van der Waals surface area contributed by atoms with Gasteiger partial charge < -0.3 is 19.9 Å². The van der Waals surface area contributed by atoms with E-state index in [1.807, 2.05) is 13.0 Å². The van der Waals surface area contributed by atoms with Crippen LogP contribution in [0.5, 0.6) is 0 Å². The van der Waals surface area contributed by atoms with Crippen molar-refractivity contribution in [3.8, 4) is 0 Å². The van der Waals surface area contributed by atoms with Crippen LogP contribution in [0.2, 0.25) is 5.02 Å². The van der Waals surface area contributed by atoms with E-state index in [9.17, 15) is 14.0 Å². The van der Waals surface area contributed by atoms with Crippen molar-refractivity contribution < 1.29 is 18.7 Å². The number of rotatable bonds is 6. The molecule has 2 aromatic rings. The van der Waals surface area contributed by atoms with Gasteiger partial charge in [-0.25, -0.2) is 4.39 Å². The molecule has 0 atom stereocenters. The maximum Gasteiger partial charge on any atom is 0.250 e. The minimum atomic E-state index is -0.348. The molecule has 0 saturated carbocycles. The monoisotopic (exact) mass is 419 g/mol. The predicted octanol–water partition coefficient (Wildman–Crippen LogP) is 3.09. The van der Waals surface area contributed by atoms with E-state index in [4.69, 9.17) is 16.3 Å². The smallest absolute Gasteiger partial charge is 0.250 e. The second-order valence-corrected chi connectivity index (χ2v) is 7.26. The Kier molecular flexibility index (Phi) is 7.06. The molecule has 6 nitrogen and oxygen atoms in total. The molecule has 0 aliphatic carbocycles. The highest BCUT2D eigenvalue weighted by Gasteiger charge is 2.21. The third-order valence-corrected chi connectivity index (χ3v) is 5.15. The second kappa shape index (κ2) is 9.71. The zero-order valence-electron chi connectivity index (χ0n) is 16.2. The van der Waals surface area contributed by atoms with Gasteiger partial charge in [0, 0.05) is 42.6 Å². The van der Waals surface area contributed by atoms with Gasteiger partial charge in [0.1, 0.15) is 19.0 Å². The molecule has 3 rings (SSSR count). The predicted molar refractivity (Wildman–Crippen MR) is 111 cm³/mol. The lowest BCUT2D eigenvalue weighted by Gasteiger charge is -2.36. The van der Waals surface area contributed by atoms with E-state index in [0.29, 0.717) is 36.9 Å². The largest absolute Gasteiger partial charge is 0.368 e. The van der Waals surface area contributed by atoms with Crippen LogP contribution in [-0.4, -0.2) is 56.1 Å². The SMILES string of the molecule is Cc1ccc(NC(=O)COCC(=O)N2CCN(c3ccc(F)cc3)CC2)cc1Cl. The number of ether oxygens (including phenoxy) is 1. The number of amides is 2. The summed E-state index contributed by atoms with van der Waals surface area (Å²) in [6.07, 6.45) is 0. The third-order valence-electron chi connectivity index (χ3n) is 4.74. The van der Waals surface area contributed by atoms with Gasteiger partial charge in [-0.1, -0.05) is 17.7 Å². The number of nitrogens with one attached hydrogen (secondary N) is 1. The molecule has 1 N–H and O–H groups in total. The van der Waals surface area contributed by atoms with Gasteiger partial charge in [-0.3, -0.25) is 9.59 Å². The fraction of sp³-hybridized carbons (Fsp3) is 0.333. The fourth-order valence-electron chi connectivity index (χ4n) is 3.06. The molecule has 29 heavy (non-hydrogen) atoms. The lowest BCUT2D eigenvalue weighted by molar-refractivity contribution is -0.137. The Bertz CT molecular complexity index is 868. The first-order valence-corrected chi connectivity index (χ1v) is 9.72. The van der Waals surface area contributed by atoms with Crippen molar-refractivity contribution in [2.45, 2.75) is 6.92 Å². The number of anilines is 2. The Balaban J connectivity index is 1.38. The van der Waals surface area contributed by atoms with Crippen molar-refractivity contribution in [1.29, 1.82) is 0 Å². The van der Waals surface area contributed by atoms with E-state index >= 15 is 0 Å². The Morgan fingerprint density at radius 2 is 1.76 bits per heavy atom. The standard InChI is InChI=1S/C21H23ClFN3O3/c1-15-2-5-17(12-19(15)22)24-20(27)13-29-14-21(28)26-10-8-25(9-11-26)18-6-3-16(23)4-7-18/h2-7,12H,8-11,13-14H2,1H3,(H,24,27). The van der Waals surface area contributed by atoms with Crippen LogP contribution in [0.25, 0.3) is 0 Å². The van der Waals surface area contributed by atoms with Crippen LogP contribution in [-0.2, 0) is 14.3 Å². The van der Waals surface area contributed by atoms with Gasteiger partial charge in [0.25, 0.3) is 0 Å². The molecular weight excluding hydrogens is 397 g/mol. The van der Waals surface area contributed by atoms with E-state index in [1.54, 1.807) is 29.2 Å². The summed E-state index contributed by atoms with van der Waals surface area (Å²) in [5.74, 6) is -0.775. The van der Waals surface area contributed by atoms with Crippen LogP contribution in [0, 0.1) is 12.7 Å². The highest BCUT2D eigenvalue weighted by Crippen LogP contribution is 2.20. The molecule has 1 aliphatic heterocycles. The zero-order chi connectivity index (χ0) is 20.8. The number of hydrogen-bond donors (Lipinski definition) is 1. The number of benzene rings is 2. The number of piperazine rings is 1. The first-order valence-electron chi connectivity index (χ1n) is 9.34. The first kappa shape index (κ1) is 21.1. The van der Waals surface area contributed by atoms with E-state index in [2.05, 4.69) is 10.2 Å². The normalized spacial score (nSPS) is 14.0. The quantitative estimate of drug-likeness (QED) is 0.781. The van der Waals surface area contributed by atoms with Crippen molar-refractivity contribution in [3.05, 3.63) is 58.9 Å². The molecule has 0 spiro atoms. The molecular formula is C21H23ClFN3O3. The van der Waals surface area contributed by atoms with Crippen LogP contribution in [0.15, 0.2) is 42.5 Å². The summed E-state index contributed by atoms with van der Waals surface area (Å²) < 4.78 is 18.3. The highest BCUT2D eigenvalue weighted by atomic mass is 35.5. The highest BCUT2D eigenvalue weighted by molar-refractivity contribution is 6.31. The van der Waals surface area contributed by atoms with E-state index in [0.717, 1.165) is 11.3 Å². The molecule has 2 aromatic carbocycles. The van der Waals surface area contributed by atoms with Gasteiger partial charge in [-0.05, 0) is 48.9 Å². The summed E-state index contributed by atoms with van der Waals surface area (Å²) >= 11 is 6.03. The summed E-state index contributed by atoms with van der Waals surface area (Å²) in [5.41, 5.74) is 2.44. The summed E-state index contributed by atoms with van der Waals surface area (Å²) in [7, 11) is 0. The minimum absolute atomic E-state index is 0.154. The number of halogens is 2. The Morgan fingerprint density at radius 1 is 1.07 bits per heavy atom. The molecule has 1 saturated heterocycles. The Labute approximate surface area is 174 Å². The van der Waals surface area contributed by atoms with Gasteiger partial charge in [0.05, 0.1) is 0 Å². The van der Waals surface area contributed by atoms with Gasteiger partial charge in [0.15, 0.2) is 0 Å². The Morgan fingerprint density at radius 3 is 2.41 bits per heavy atom. The van der Waals surface area contributed by atoms with E-state index in [1.165, 1.54) is 12.1 Å². The topological polar surface area (TPSA) is 61.9 Å². The molecule has 0 aromatic heterocycles. The van der Waals surface area contributed by atoms with Crippen LogP contribution in [0.1, 0.15) is 5.56 Å². The molecule has 1 aliphatic rings. The van der Waals surface area contributed by atoms with Crippen LogP contribution in [0.4, 0.5) is 15.8 Å². The zero-order valence-corrected chi connectivity index (χ0v) is 16.9. The second-order valence-electron chi connectivity index (χ2n) is 6.85. The van der Waals surface area contributed by atoms with Crippen molar-refractivity contribution in [2.75, 3.05) is 49.6 Å². The van der Waals surface area contributed by atoms with Crippen molar-refractivity contribution in [3.63, 3.8) is 0 Å². The lowest BCUT2D eigenvalue weighted by atomic mass is 10.2. The van der Waals surface area contributed by atoms with Crippen molar-refractivity contribution in [1.82, 2.24) is 4.90 Å². The summed E-state index contributed by atoms with van der Waals surface area (Å²) in [5, 5.41) is 3.25. The molecule has 154 valence electrons. The maximum absolute atomic E-state index is 13.0. The summed E-state index contributed by atoms with van der Waals surface area (Å²) in [6.45, 7) is 3.92. The fourth-order valence-corrected chi connectivity index (χ4v) is 3.24. The summed E-state index contributed by atoms with van der Waals surface area (Å²) in [4.78, 5) is 28.1. The molecule has 8 heteroatoms. The number of aryl methyl sites for hydroxylation is 1. The van der Waals surface area contributed by atoms with Crippen LogP contribution < -0.4 is 10.2 Å². The van der Waals surface area contributed by atoms with Gasteiger partial charge in [-0.15, -0.1) is 0 Å². The molecule has 2 amide bonds. The molecule has 0 bridgehead atoms.